The molecule has 31 heavy (non-hydrogen) atoms. The van der Waals surface area contributed by atoms with Crippen LogP contribution < -0.4 is 5.32 Å². The van der Waals surface area contributed by atoms with Crippen molar-refractivity contribution in [2.45, 2.75) is 59.4 Å². The van der Waals surface area contributed by atoms with Crippen LogP contribution in [-0.2, 0) is 21.9 Å². The minimum atomic E-state index is -0.466. The van der Waals surface area contributed by atoms with E-state index in [1.165, 1.54) is 11.1 Å². The highest BCUT2D eigenvalue weighted by molar-refractivity contribution is 7.99. The van der Waals surface area contributed by atoms with E-state index in [1.807, 2.05) is 38.1 Å². The predicted molar refractivity (Wildman–Crippen MR) is 131 cm³/mol. The summed E-state index contributed by atoms with van der Waals surface area (Å²) in [6.07, 6.45) is 0.587. The van der Waals surface area contributed by atoms with Gasteiger partial charge in [-0.15, -0.1) is 11.8 Å². The van der Waals surface area contributed by atoms with E-state index >= 15 is 0 Å². The molecule has 1 N–H and O–H groups in total. The first kappa shape index (κ1) is 25.0. The van der Waals surface area contributed by atoms with Crippen molar-refractivity contribution >= 4 is 23.6 Å². The highest BCUT2D eigenvalue weighted by Crippen LogP contribution is 2.18. The Morgan fingerprint density at radius 3 is 2.19 bits per heavy atom. The van der Waals surface area contributed by atoms with Crippen LogP contribution in [0.4, 0.5) is 0 Å². The standard InChI is InChI=1S/C26H36N2O2S/c1-6-24(26(30)27-15-19(2)3)28(16-22-11-7-9-20(4)13-22)25(29)18-31-17-23-12-8-10-21(5)14-23/h7-14,19,24H,6,15-18H2,1-5H3,(H,27,30)/t24-/m1/s1. The van der Waals surface area contributed by atoms with Crippen LogP contribution in [0.1, 0.15) is 49.4 Å². The van der Waals surface area contributed by atoms with Crippen molar-refractivity contribution < 1.29 is 9.59 Å². The smallest absolute Gasteiger partial charge is 0.242 e. The minimum Gasteiger partial charge on any atom is -0.354 e. The maximum Gasteiger partial charge on any atom is 0.242 e. The van der Waals surface area contributed by atoms with Gasteiger partial charge in [0.05, 0.1) is 5.75 Å². The third-order valence-electron chi connectivity index (χ3n) is 5.08. The zero-order valence-electron chi connectivity index (χ0n) is 19.5. The van der Waals surface area contributed by atoms with E-state index in [2.05, 4.69) is 50.4 Å². The van der Waals surface area contributed by atoms with Gasteiger partial charge in [-0.25, -0.2) is 0 Å². The SMILES string of the molecule is CC[C@H](C(=O)NCC(C)C)N(Cc1cccc(C)c1)C(=O)CSCc1cccc(C)c1. The summed E-state index contributed by atoms with van der Waals surface area (Å²) in [6, 6.07) is 16.0. The monoisotopic (exact) mass is 440 g/mol. The lowest BCUT2D eigenvalue weighted by Gasteiger charge is -2.31. The van der Waals surface area contributed by atoms with Gasteiger partial charge in [-0.1, -0.05) is 80.4 Å². The van der Waals surface area contributed by atoms with Crippen LogP contribution in [-0.4, -0.2) is 35.1 Å². The molecule has 0 aliphatic heterocycles. The van der Waals surface area contributed by atoms with Gasteiger partial charge in [0, 0.05) is 18.8 Å². The molecular formula is C26H36N2O2S. The molecule has 0 aliphatic carbocycles. The zero-order chi connectivity index (χ0) is 22.8. The molecule has 0 saturated carbocycles. The quantitative estimate of drug-likeness (QED) is 0.528. The maximum absolute atomic E-state index is 13.3. The van der Waals surface area contributed by atoms with Crippen LogP contribution >= 0.6 is 11.8 Å². The average molecular weight is 441 g/mol. The second kappa shape index (κ2) is 12.6. The molecule has 0 aliphatic rings. The van der Waals surface area contributed by atoms with E-state index in [0.29, 0.717) is 31.2 Å². The first-order valence-electron chi connectivity index (χ1n) is 11.1. The fourth-order valence-corrected chi connectivity index (χ4v) is 4.35. The summed E-state index contributed by atoms with van der Waals surface area (Å²) in [5.41, 5.74) is 4.63. The van der Waals surface area contributed by atoms with Gasteiger partial charge in [0.15, 0.2) is 0 Å². The summed E-state index contributed by atoms with van der Waals surface area (Å²) in [6.45, 7) is 11.3. The van der Waals surface area contributed by atoms with Gasteiger partial charge in [-0.2, -0.15) is 0 Å². The Hall–Kier alpha value is -2.27. The summed E-state index contributed by atoms with van der Waals surface area (Å²) in [5.74, 6) is 1.44. The second-order valence-corrected chi connectivity index (χ2v) is 9.54. The van der Waals surface area contributed by atoms with Crippen molar-refractivity contribution in [2.75, 3.05) is 12.3 Å². The molecule has 0 radical (unpaired) electrons. The maximum atomic E-state index is 13.3. The van der Waals surface area contributed by atoms with Crippen LogP contribution in [0.5, 0.6) is 0 Å². The van der Waals surface area contributed by atoms with Crippen molar-refractivity contribution in [1.29, 1.82) is 0 Å². The summed E-state index contributed by atoms with van der Waals surface area (Å²) < 4.78 is 0. The Labute approximate surface area is 191 Å². The fourth-order valence-electron chi connectivity index (χ4n) is 3.49. The Balaban J connectivity index is 2.12. The Kier molecular flexibility index (Phi) is 10.1. The molecule has 2 amide bonds. The van der Waals surface area contributed by atoms with Crippen molar-refractivity contribution in [3.63, 3.8) is 0 Å². The molecule has 2 aromatic carbocycles. The number of carbonyl (C=O) groups excluding carboxylic acids is 2. The molecular weight excluding hydrogens is 404 g/mol. The molecule has 0 unspecified atom stereocenters. The molecule has 0 saturated heterocycles. The summed E-state index contributed by atoms with van der Waals surface area (Å²) in [7, 11) is 0. The van der Waals surface area contributed by atoms with Crippen LogP contribution in [0.15, 0.2) is 48.5 Å². The van der Waals surface area contributed by atoms with E-state index in [4.69, 9.17) is 0 Å². The number of nitrogens with one attached hydrogen (secondary N) is 1. The molecule has 0 heterocycles. The number of aryl methyl sites for hydroxylation is 2. The molecule has 0 spiro atoms. The van der Waals surface area contributed by atoms with Gasteiger partial charge in [0.1, 0.15) is 6.04 Å². The normalized spacial score (nSPS) is 11.9. The minimum absolute atomic E-state index is 0.00528. The number of hydrogen-bond acceptors (Lipinski definition) is 3. The van der Waals surface area contributed by atoms with E-state index in [-0.39, 0.29) is 11.8 Å². The lowest BCUT2D eigenvalue weighted by Crippen LogP contribution is -2.50. The molecule has 1 atom stereocenters. The second-order valence-electron chi connectivity index (χ2n) is 8.56. The lowest BCUT2D eigenvalue weighted by molar-refractivity contribution is -0.139. The summed E-state index contributed by atoms with van der Waals surface area (Å²) in [4.78, 5) is 27.9. The third kappa shape index (κ3) is 8.41. The molecule has 168 valence electrons. The molecule has 5 heteroatoms. The molecule has 0 aromatic heterocycles. The van der Waals surface area contributed by atoms with Crippen molar-refractivity contribution in [2.24, 2.45) is 5.92 Å². The molecule has 0 bridgehead atoms. The van der Waals surface area contributed by atoms with Gasteiger partial charge >= 0.3 is 0 Å². The van der Waals surface area contributed by atoms with Crippen molar-refractivity contribution in [1.82, 2.24) is 10.2 Å². The number of hydrogen-bond donors (Lipinski definition) is 1. The highest BCUT2D eigenvalue weighted by Gasteiger charge is 2.28. The van der Waals surface area contributed by atoms with E-state index < -0.39 is 6.04 Å². The molecule has 0 fully saturated rings. The lowest BCUT2D eigenvalue weighted by atomic mass is 10.1. The van der Waals surface area contributed by atoms with Crippen LogP contribution in [0, 0.1) is 19.8 Å². The number of benzene rings is 2. The van der Waals surface area contributed by atoms with Crippen molar-refractivity contribution in [3.8, 4) is 0 Å². The topological polar surface area (TPSA) is 49.4 Å². The predicted octanol–water partition coefficient (Wildman–Crippen LogP) is 5.12. The number of rotatable bonds is 11. The van der Waals surface area contributed by atoms with Crippen LogP contribution in [0.2, 0.25) is 0 Å². The molecule has 2 aromatic rings. The Bertz CT molecular complexity index is 866. The number of nitrogens with zero attached hydrogens (tertiary/aromatic N) is 1. The highest BCUT2D eigenvalue weighted by atomic mass is 32.2. The Morgan fingerprint density at radius 1 is 1.00 bits per heavy atom. The van der Waals surface area contributed by atoms with Gasteiger partial charge in [0.2, 0.25) is 11.8 Å². The summed E-state index contributed by atoms with van der Waals surface area (Å²) in [5, 5.41) is 3.01. The Morgan fingerprint density at radius 2 is 1.61 bits per heavy atom. The van der Waals surface area contributed by atoms with Crippen LogP contribution in [0.3, 0.4) is 0 Å². The van der Waals surface area contributed by atoms with Crippen molar-refractivity contribution in [3.05, 3.63) is 70.8 Å². The molecule has 4 nitrogen and oxygen atoms in total. The number of amides is 2. The number of thioether (sulfide) groups is 1. The van der Waals surface area contributed by atoms with Gasteiger partial charge < -0.3 is 10.2 Å². The average Bonchev–Trinajstić information content (AvgIpc) is 2.72. The van der Waals surface area contributed by atoms with Crippen LogP contribution in [0.25, 0.3) is 0 Å². The summed E-state index contributed by atoms with van der Waals surface area (Å²) >= 11 is 1.60. The van der Waals surface area contributed by atoms with Gasteiger partial charge in [-0.05, 0) is 37.3 Å². The fraction of sp³-hybridized carbons (Fsp3) is 0.462. The first-order valence-corrected chi connectivity index (χ1v) is 12.2. The van der Waals surface area contributed by atoms with E-state index in [1.54, 1.807) is 16.7 Å². The van der Waals surface area contributed by atoms with Gasteiger partial charge in [0.25, 0.3) is 0 Å². The largest absolute Gasteiger partial charge is 0.354 e. The van der Waals surface area contributed by atoms with E-state index in [0.717, 1.165) is 16.9 Å². The van der Waals surface area contributed by atoms with E-state index in [9.17, 15) is 9.59 Å². The van der Waals surface area contributed by atoms with Gasteiger partial charge in [-0.3, -0.25) is 9.59 Å². The third-order valence-corrected chi connectivity index (χ3v) is 6.07. The zero-order valence-corrected chi connectivity index (χ0v) is 20.3. The molecule has 2 rings (SSSR count). The number of carbonyl (C=O) groups is 2. The first-order chi connectivity index (χ1) is 14.8.